The van der Waals surface area contributed by atoms with E-state index >= 15 is 0 Å². The van der Waals surface area contributed by atoms with E-state index in [1.54, 1.807) is 12.1 Å². The summed E-state index contributed by atoms with van der Waals surface area (Å²) in [7, 11) is 0. The van der Waals surface area contributed by atoms with E-state index < -0.39 is 16.7 Å². The molecule has 1 amide bonds. The second kappa shape index (κ2) is 5.70. The Hall–Kier alpha value is -1.42. The molecule has 1 aromatic heterocycles. The van der Waals surface area contributed by atoms with Gasteiger partial charge in [-0.05, 0) is 62.8 Å². The molecule has 2 aromatic rings. The van der Waals surface area contributed by atoms with Gasteiger partial charge in [0, 0.05) is 13.7 Å². The normalized spacial score (nSPS) is 10.2. The van der Waals surface area contributed by atoms with Gasteiger partial charge >= 0.3 is 5.88 Å². The maximum atomic E-state index is 11.8. The summed E-state index contributed by atoms with van der Waals surface area (Å²) in [5.41, 5.74) is 0.566. The number of hydrogen-bond donors (Lipinski definition) is 1. The van der Waals surface area contributed by atoms with Crippen molar-refractivity contribution in [3.8, 4) is 0 Å². The van der Waals surface area contributed by atoms with Crippen molar-refractivity contribution in [3.05, 3.63) is 54.2 Å². The lowest BCUT2D eigenvalue weighted by Gasteiger charge is -2.04. The number of halogens is 2. The SMILES string of the molecule is O=C(Nc1ccc(I)c(Br)c1)c1ccc([N+](=O)[O-])o1. The lowest BCUT2D eigenvalue weighted by Crippen LogP contribution is -2.10. The number of anilines is 1. The quantitative estimate of drug-likeness (QED) is 0.450. The second-order valence-electron chi connectivity index (χ2n) is 3.48. The van der Waals surface area contributed by atoms with Crippen LogP contribution in [0.3, 0.4) is 0 Å². The Morgan fingerprint density at radius 1 is 1.37 bits per heavy atom. The zero-order valence-corrected chi connectivity index (χ0v) is 13.0. The first-order chi connectivity index (χ1) is 8.97. The highest BCUT2D eigenvalue weighted by molar-refractivity contribution is 14.1. The lowest BCUT2D eigenvalue weighted by molar-refractivity contribution is -0.402. The van der Waals surface area contributed by atoms with Crippen LogP contribution in [0.2, 0.25) is 0 Å². The van der Waals surface area contributed by atoms with E-state index in [-0.39, 0.29) is 5.76 Å². The number of nitrogens with zero attached hydrogens (tertiary/aromatic N) is 1. The van der Waals surface area contributed by atoms with E-state index in [0.29, 0.717) is 5.69 Å². The topological polar surface area (TPSA) is 85.4 Å². The van der Waals surface area contributed by atoms with Gasteiger partial charge in [0.1, 0.15) is 4.92 Å². The maximum Gasteiger partial charge on any atom is 0.433 e. The number of carbonyl (C=O) groups is 1. The second-order valence-corrected chi connectivity index (χ2v) is 5.49. The standard InChI is InChI=1S/C11H6BrIN2O4/c12-7-5-6(1-2-8(7)13)14-11(16)9-3-4-10(19-9)15(17)18/h1-5H,(H,14,16). The van der Waals surface area contributed by atoms with Crippen molar-refractivity contribution >= 4 is 56.0 Å². The van der Waals surface area contributed by atoms with Crippen molar-refractivity contribution < 1.29 is 14.1 Å². The van der Waals surface area contributed by atoms with Crippen LogP contribution in [0.15, 0.2) is 39.2 Å². The van der Waals surface area contributed by atoms with Gasteiger partial charge in [-0.1, -0.05) is 0 Å². The van der Waals surface area contributed by atoms with Gasteiger partial charge in [-0.2, -0.15) is 0 Å². The van der Waals surface area contributed by atoms with Crippen LogP contribution in [0.5, 0.6) is 0 Å². The van der Waals surface area contributed by atoms with Gasteiger partial charge < -0.3 is 9.73 Å². The van der Waals surface area contributed by atoms with Crippen LogP contribution < -0.4 is 5.32 Å². The van der Waals surface area contributed by atoms with Crippen molar-refractivity contribution in [1.82, 2.24) is 0 Å². The summed E-state index contributed by atoms with van der Waals surface area (Å²) in [6.45, 7) is 0. The summed E-state index contributed by atoms with van der Waals surface area (Å²) in [4.78, 5) is 21.6. The monoisotopic (exact) mass is 436 g/mol. The van der Waals surface area contributed by atoms with E-state index in [1.807, 2.05) is 6.07 Å². The number of hydrogen-bond acceptors (Lipinski definition) is 4. The molecule has 8 heteroatoms. The minimum absolute atomic E-state index is 0.110. The molecule has 1 aromatic carbocycles. The average Bonchev–Trinajstić information content (AvgIpc) is 2.83. The van der Waals surface area contributed by atoms with Crippen LogP contribution in [-0.4, -0.2) is 10.8 Å². The van der Waals surface area contributed by atoms with Gasteiger partial charge in [0.15, 0.2) is 5.76 Å². The zero-order chi connectivity index (χ0) is 14.0. The molecule has 0 aliphatic rings. The minimum atomic E-state index is -0.696. The number of nitrogens with one attached hydrogen (secondary N) is 1. The smallest absolute Gasteiger partial charge is 0.395 e. The van der Waals surface area contributed by atoms with Gasteiger partial charge in [-0.15, -0.1) is 0 Å². The summed E-state index contributed by atoms with van der Waals surface area (Å²) >= 11 is 5.49. The van der Waals surface area contributed by atoms with E-state index in [4.69, 9.17) is 4.42 Å². The van der Waals surface area contributed by atoms with Crippen molar-refractivity contribution in [1.29, 1.82) is 0 Å². The number of amides is 1. The number of carbonyl (C=O) groups excluding carboxylic acids is 1. The highest BCUT2D eigenvalue weighted by Gasteiger charge is 2.17. The molecule has 0 bridgehead atoms. The first-order valence-electron chi connectivity index (χ1n) is 4.98. The highest BCUT2D eigenvalue weighted by Crippen LogP contribution is 2.23. The van der Waals surface area contributed by atoms with E-state index in [0.717, 1.165) is 14.1 Å². The summed E-state index contributed by atoms with van der Waals surface area (Å²) in [6.07, 6.45) is 0. The van der Waals surface area contributed by atoms with Crippen molar-refractivity contribution in [2.45, 2.75) is 0 Å². The third-order valence-electron chi connectivity index (χ3n) is 2.17. The Kier molecular flexibility index (Phi) is 4.20. The van der Waals surface area contributed by atoms with Crippen molar-refractivity contribution in [3.63, 3.8) is 0 Å². The number of rotatable bonds is 3. The van der Waals surface area contributed by atoms with Crippen LogP contribution in [0.4, 0.5) is 11.6 Å². The van der Waals surface area contributed by atoms with Gasteiger partial charge in [-0.25, -0.2) is 0 Å². The minimum Gasteiger partial charge on any atom is -0.395 e. The average molecular weight is 437 g/mol. The predicted molar refractivity (Wildman–Crippen MR) is 80.2 cm³/mol. The molecule has 0 radical (unpaired) electrons. The molecule has 6 nitrogen and oxygen atoms in total. The molecule has 0 atom stereocenters. The van der Waals surface area contributed by atoms with Gasteiger partial charge in [-0.3, -0.25) is 14.9 Å². The van der Waals surface area contributed by atoms with Gasteiger partial charge in [0.2, 0.25) is 0 Å². The first kappa shape index (κ1) is 14.0. The summed E-state index contributed by atoms with van der Waals surface area (Å²) in [5.74, 6) is -1.11. The molecule has 0 aliphatic heterocycles. The molecule has 98 valence electrons. The molecule has 19 heavy (non-hydrogen) atoms. The third kappa shape index (κ3) is 3.32. The fourth-order valence-corrected chi connectivity index (χ4v) is 2.03. The van der Waals surface area contributed by atoms with Crippen LogP contribution >= 0.6 is 38.5 Å². The predicted octanol–water partition coefficient (Wildman–Crippen LogP) is 3.81. The molecule has 1 heterocycles. The zero-order valence-electron chi connectivity index (χ0n) is 9.22. The van der Waals surface area contributed by atoms with E-state index in [9.17, 15) is 14.9 Å². The fourth-order valence-electron chi connectivity index (χ4n) is 1.31. The Morgan fingerprint density at radius 2 is 2.11 bits per heavy atom. The Morgan fingerprint density at radius 3 is 2.68 bits per heavy atom. The van der Waals surface area contributed by atoms with Crippen LogP contribution in [0, 0.1) is 13.7 Å². The number of nitro groups is 1. The molecular weight excluding hydrogens is 431 g/mol. The molecule has 0 fully saturated rings. The molecule has 1 N–H and O–H groups in total. The molecule has 2 rings (SSSR count). The third-order valence-corrected chi connectivity index (χ3v) is 4.51. The fraction of sp³-hybridized carbons (Fsp3) is 0. The molecule has 0 saturated carbocycles. The first-order valence-corrected chi connectivity index (χ1v) is 6.85. The molecule has 0 spiro atoms. The molecule has 0 unspecified atom stereocenters. The van der Waals surface area contributed by atoms with Crippen LogP contribution in [0.25, 0.3) is 0 Å². The Balaban J connectivity index is 2.15. The van der Waals surface area contributed by atoms with E-state index in [2.05, 4.69) is 43.8 Å². The maximum absolute atomic E-state index is 11.8. The van der Waals surface area contributed by atoms with Gasteiger partial charge in [0.25, 0.3) is 5.91 Å². The largest absolute Gasteiger partial charge is 0.433 e. The van der Waals surface area contributed by atoms with Crippen molar-refractivity contribution in [2.24, 2.45) is 0 Å². The van der Waals surface area contributed by atoms with Crippen molar-refractivity contribution in [2.75, 3.05) is 5.32 Å². The number of benzene rings is 1. The van der Waals surface area contributed by atoms with E-state index in [1.165, 1.54) is 6.07 Å². The van der Waals surface area contributed by atoms with Crippen LogP contribution in [-0.2, 0) is 0 Å². The molecule has 0 saturated heterocycles. The summed E-state index contributed by atoms with van der Waals surface area (Å²) in [6, 6.07) is 7.68. The molecular formula is C11H6BrIN2O4. The number of furan rings is 1. The summed E-state index contributed by atoms with van der Waals surface area (Å²) in [5, 5.41) is 13.0. The van der Waals surface area contributed by atoms with Crippen LogP contribution in [0.1, 0.15) is 10.6 Å². The lowest BCUT2D eigenvalue weighted by atomic mass is 10.3. The van der Waals surface area contributed by atoms with Gasteiger partial charge in [0.05, 0.1) is 6.07 Å². The Labute approximate surface area is 129 Å². The molecule has 0 aliphatic carbocycles. The summed E-state index contributed by atoms with van der Waals surface area (Å²) < 4.78 is 6.66. The highest BCUT2D eigenvalue weighted by atomic mass is 127. The Bertz CT molecular complexity index is 656.